The Morgan fingerprint density at radius 2 is 1.92 bits per heavy atom. The summed E-state index contributed by atoms with van der Waals surface area (Å²) in [4.78, 5) is 17.3. The lowest BCUT2D eigenvalue weighted by Crippen LogP contribution is -2.31. The first-order valence-electron chi connectivity index (χ1n) is 9.13. The van der Waals surface area contributed by atoms with Gasteiger partial charge in [0.25, 0.3) is 5.91 Å². The molecule has 3 aromatic rings. The Bertz CT molecular complexity index is 934. The molecule has 0 saturated heterocycles. The van der Waals surface area contributed by atoms with E-state index in [1.807, 2.05) is 36.4 Å². The number of hydrogen-bond donors (Lipinski definition) is 1. The normalized spacial score (nSPS) is 16.0. The Kier molecular flexibility index (Phi) is 4.53. The maximum absolute atomic E-state index is 12.9. The topological polar surface area (TPSA) is 42.0 Å². The van der Waals surface area contributed by atoms with Crippen molar-refractivity contribution in [2.45, 2.75) is 32.2 Å². The molecule has 0 radical (unpaired) electrons. The van der Waals surface area contributed by atoms with E-state index >= 15 is 0 Å². The Balaban J connectivity index is 1.58. The fourth-order valence-corrected chi connectivity index (χ4v) is 3.76. The number of amides is 1. The fraction of sp³-hybridized carbons (Fsp3) is 0.217. The molecule has 1 amide bonds. The van der Waals surface area contributed by atoms with Crippen LogP contribution in [0.1, 0.15) is 45.9 Å². The van der Waals surface area contributed by atoms with Crippen molar-refractivity contribution in [2.24, 2.45) is 0 Å². The number of nitrogens with zero attached hydrogens (tertiary/aromatic N) is 1. The average Bonchev–Trinajstić information content (AvgIpc) is 2.69. The van der Waals surface area contributed by atoms with Gasteiger partial charge in [-0.1, -0.05) is 48.5 Å². The van der Waals surface area contributed by atoms with E-state index in [1.54, 1.807) is 12.3 Å². The van der Waals surface area contributed by atoms with Gasteiger partial charge in [0, 0.05) is 17.3 Å². The van der Waals surface area contributed by atoms with E-state index in [4.69, 9.17) is 0 Å². The second-order valence-corrected chi connectivity index (χ2v) is 6.86. The number of hydrogen-bond acceptors (Lipinski definition) is 2. The highest BCUT2D eigenvalue weighted by Gasteiger charge is 2.23. The summed E-state index contributed by atoms with van der Waals surface area (Å²) in [5.74, 6) is -0.0380. The number of carbonyl (C=O) groups excluding carboxylic acids is 1. The van der Waals surface area contributed by atoms with Crippen molar-refractivity contribution in [2.75, 3.05) is 0 Å². The molecule has 26 heavy (non-hydrogen) atoms. The van der Waals surface area contributed by atoms with Crippen LogP contribution < -0.4 is 5.32 Å². The van der Waals surface area contributed by atoms with Gasteiger partial charge < -0.3 is 5.32 Å². The molecule has 1 heterocycles. The van der Waals surface area contributed by atoms with E-state index < -0.39 is 0 Å². The molecule has 0 saturated carbocycles. The molecule has 0 spiro atoms. The third kappa shape index (κ3) is 3.25. The van der Waals surface area contributed by atoms with Gasteiger partial charge in [0.15, 0.2) is 0 Å². The summed E-state index contributed by atoms with van der Waals surface area (Å²) in [6, 6.07) is 20.0. The van der Waals surface area contributed by atoms with Crippen LogP contribution >= 0.6 is 0 Å². The van der Waals surface area contributed by atoms with Crippen molar-refractivity contribution in [1.82, 2.24) is 10.3 Å². The number of pyridine rings is 1. The number of rotatable bonds is 3. The summed E-state index contributed by atoms with van der Waals surface area (Å²) in [6.45, 7) is 2.15. The summed E-state index contributed by atoms with van der Waals surface area (Å²) in [5.41, 5.74) is 6.46. The molecule has 2 aromatic carbocycles. The lowest BCUT2D eigenvalue weighted by atomic mass is 9.85. The highest BCUT2D eigenvalue weighted by atomic mass is 16.1. The van der Waals surface area contributed by atoms with E-state index in [2.05, 4.69) is 35.4 Å². The van der Waals surface area contributed by atoms with Crippen LogP contribution in [0, 0.1) is 6.92 Å². The number of aromatic nitrogens is 1. The quantitative estimate of drug-likeness (QED) is 0.738. The van der Waals surface area contributed by atoms with Crippen LogP contribution in [0.3, 0.4) is 0 Å². The van der Waals surface area contributed by atoms with Crippen molar-refractivity contribution >= 4 is 5.91 Å². The molecular formula is C23H22N2O. The summed E-state index contributed by atoms with van der Waals surface area (Å²) < 4.78 is 0. The van der Waals surface area contributed by atoms with Crippen LogP contribution in [0.2, 0.25) is 0 Å². The first-order chi connectivity index (χ1) is 12.7. The maximum atomic E-state index is 12.9. The Hall–Kier alpha value is -2.94. The Morgan fingerprint density at radius 3 is 2.77 bits per heavy atom. The molecule has 0 bridgehead atoms. The first-order valence-corrected chi connectivity index (χ1v) is 9.13. The predicted molar refractivity (Wildman–Crippen MR) is 104 cm³/mol. The van der Waals surface area contributed by atoms with E-state index in [0.29, 0.717) is 5.56 Å². The fourth-order valence-electron chi connectivity index (χ4n) is 3.76. The minimum Gasteiger partial charge on any atom is -0.345 e. The molecule has 0 aliphatic heterocycles. The van der Waals surface area contributed by atoms with E-state index in [1.165, 1.54) is 16.7 Å². The molecule has 130 valence electrons. The van der Waals surface area contributed by atoms with Gasteiger partial charge in [-0.3, -0.25) is 9.78 Å². The maximum Gasteiger partial charge on any atom is 0.251 e. The van der Waals surface area contributed by atoms with Gasteiger partial charge in [-0.05, 0) is 55.0 Å². The molecule has 1 unspecified atom stereocenters. The molecular weight excluding hydrogens is 320 g/mol. The van der Waals surface area contributed by atoms with E-state index in [0.717, 1.165) is 30.5 Å². The molecule has 1 aliphatic rings. The van der Waals surface area contributed by atoms with Crippen molar-refractivity contribution in [3.8, 4) is 11.3 Å². The van der Waals surface area contributed by atoms with Gasteiger partial charge in [0.2, 0.25) is 0 Å². The third-order valence-electron chi connectivity index (χ3n) is 5.14. The van der Waals surface area contributed by atoms with Gasteiger partial charge in [0.1, 0.15) is 0 Å². The van der Waals surface area contributed by atoms with Gasteiger partial charge in [0.05, 0.1) is 11.7 Å². The number of carbonyl (C=O) groups is 1. The molecule has 4 rings (SSSR count). The zero-order valence-corrected chi connectivity index (χ0v) is 14.9. The molecule has 1 N–H and O–H groups in total. The lowest BCUT2D eigenvalue weighted by Gasteiger charge is -2.27. The van der Waals surface area contributed by atoms with Gasteiger partial charge >= 0.3 is 0 Å². The highest BCUT2D eigenvalue weighted by molar-refractivity contribution is 5.95. The van der Waals surface area contributed by atoms with Gasteiger partial charge in [-0.15, -0.1) is 0 Å². The molecule has 1 atom stereocenters. The number of fused-ring (bicyclic) bond motifs is 1. The number of aryl methyl sites for hydroxylation is 1. The van der Waals surface area contributed by atoms with Crippen molar-refractivity contribution in [3.05, 3.63) is 89.1 Å². The summed E-state index contributed by atoms with van der Waals surface area (Å²) in [6.07, 6.45) is 4.89. The minimum atomic E-state index is -0.0380. The van der Waals surface area contributed by atoms with Crippen LogP contribution in [0.4, 0.5) is 0 Å². The van der Waals surface area contributed by atoms with E-state index in [9.17, 15) is 4.79 Å². The molecule has 1 aromatic heterocycles. The molecule has 0 fully saturated rings. The standard InChI is InChI=1S/C23H22N2O/c1-16-7-5-11-20-19(16)10-6-12-21(20)25-23(26)18-13-14-24-22(15-18)17-8-3-2-4-9-17/h2-5,7-9,11,13-15,21H,6,10,12H2,1H3,(H,25,26). The van der Waals surface area contributed by atoms with Crippen LogP contribution in [-0.2, 0) is 6.42 Å². The Labute approximate surface area is 154 Å². The van der Waals surface area contributed by atoms with Crippen LogP contribution in [-0.4, -0.2) is 10.9 Å². The predicted octanol–water partition coefficient (Wildman–Crippen LogP) is 4.86. The summed E-state index contributed by atoms with van der Waals surface area (Å²) in [5, 5.41) is 3.23. The highest BCUT2D eigenvalue weighted by Crippen LogP contribution is 2.31. The summed E-state index contributed by atoms with van der Waals surface area (Å²) >= 11 is 0. The smallest absolute Gasteiger partial charge is 0.251 e. The van der Waals surface area contributed by atoms with Crippen LogP contribution in [0.5, 0.6) is 0 Å². The van der Waals surface area contributed by atoms with Crippen LogP contribution in [0.25, 0.3) is 11.3 Å². The second kappa shape index (κ2) is 7.12. The molecule has 3 heteroatoms. The Morgan fingerprint density at radius 1 is 1.08 bits per heavy atom. The molecule has 3 nitrogen and oxygen atoms in total. The van der Waals surface area contributed by atoms with Crippen molar-refractivity contribution in [1.29, 1.82) is 0 Å². The third-order valence-corrected chi connectivity index (χ3v) is 5.14. The SMILES string of the molecule is Cc1cccc2c1CCCC2NC(=O)c1ccnc(-c2ccccc2)c1. The van der Waals surface area contributed by atoms with Crippen molar-refractivity contribution < 1.29 is 4.79 Å². The van der Waals surface area contributed by atoms with Gasteiger partial charge in [-0.2, -0.15) is 0 Å². The largest absolute Gasteiger partial charge is 0.345 e. The second-order valence-electron chi connectivity index (χ2n) is 6.86. The first kappa shape index (κ1) is 16.5. The average molecular weight is 342 g/mol. The zero-order valence-electron chi connectivity index (χ0n) is 14.9. The summed E-state index contributed by atoms with van der Waals surface area (Å²) in [7, 11) is 0. The van der Waals surface area contributed by atoms with Gasteiger partial charge in [-0.25, -0.2) is 0 Å². The monoisotopic (exact) mass is 342 g/mol. The van der Waals surface area contributed by atoms with Crippen molar-refractivity contribution in [3.63, 3.8) is 0 Å². The number of benzene rings is 2. The van der Waals surface area contributed by atoms with E-state index in [-0.39, 0.29) is 11.9 Å². The van der Waals surface area contributed by atoms with Crippen LogP contribution in [0.15, 0.2) is 66.9 Å². The lowest BCUT2D eigenvalue weighted by molar-refractivity contribution is 0.0932. The zero-order chi connectivity index (χ0) is 17.9. The number of nitrogens with one attached hydrogen (secondary N) is 1. The molecule has 1 aliphatic carbocycles. The minimum absolute atomic E-state index is 0.0380.